The molecule has 2 aromatic heterocycles. The van der Waals surface area contributed by atoms with Crippen molar-refractivity contribution >= 4 is 11.0 Å². The van der Waals surface area contributed by atoms with Crippen LogP contribution in [0.2, 0.25) is 0 Å². The molecular weight excluding hydrogens is 408 g/mol. The molecule has 1 aromatic carbocycles. The molecule has 8 nitrogen and oxygen atoms in total. The van der Waals surface area contributed by atoms with Crippen LogP contribution in [0.25, 0.3) is 22.3 Å². The number of aromatic amines is 1. The summed E-state index contributed by atoms with van der Waals surface area (Å²) < 4.78 is 35.3. The fourth-order valence-electron chi connectivity index (χ4n) is 4.33. The molecule has 2 aliphatic heterocycles. The fourth-order valence-corrected chi connectivity index (χ4v) is 4.33. The van der Waals surface area contributed by atoms with Crippen molar-refractivity contribution in [3.63, 3.8) is 0 Å². The molecule has 0 aliphatic carbocycles. The standard InChI is InChI=1S/C21H23F2N5O3/c1-26-21-17(15(25-26)9-27-5-7-28(8-6-27)12-10-31-11-12)19(29)20(30)18(24-21)16-13(22)3-2-4-14(16)23/h2-4,12,30H,5-11H2,1H3,(H,24,29). The largest absolute Gasteiger partial charge is 0.503 e. The van der Waals surface area contributed by atoms with Crippen molar-refractivity contribution in [3.8, 4) is 17.0 Å². The first kappa shape index (κ1) is 20.1. The third kappa shape index (κ3) is 3.40. The maximum atomic E-state index is 14.3. The zero-order chi connectivity index (χ0) is 21.7. The second kappa shape index (κ2) is 7.70. The molecule has 31 heavy (non-hydrogen) atoms. The SMILES string of the molecule is Cn1nc(CN2CCN(C3COC3)CC2)c2c(=O)c(O)c(-c3c(F)cccc3F)[nH]c21. The number of rotatable bonds is 4. The Balaban J connectivity index is 1.47. The van der Waals surface area contributed by atoms with E-state index in [1.807, 2.05) is 0 Å². The van der Waals surface area contributed by atoms with Gasteiger partial charge in [0.25, 0.3) is 0 Å². The summed E-state index contributed by atoms with van der Waals surface area (Å²) >= 11 is 0. The van der Waals surface area contributed by atoms with E-state index in [1.165, 1.54) is 10.7 Å². The van der Waals surface area contributed by atoms with Crippen molar-refractivity contribution < 1.29 is 18.6 Å². The number of piperazine rings is 1. The van der Waals surface area contributed by atoms with Crippen LogP contribution in [0.4, 0.5) is 8.78 Å². The Kier molecular flexibility index (Phi) is 4.99. The zero-order valence-electron chi connectivity index (χ0n) is 17.1. The van der Waals surface area contributed by atoms with E-state index in [1.54, 1.807) is 7.05 Å². The smallest absolute Gasteiger partial charge is 0.235 e. The summed E-state index contributed by atoms with van der Waals surface area (Å²) in [4.78, 5) is 20.4. The minimum absolute atomic E-state index is 0.232. The number of nitrogens with zero attached hydrogens (tertiary/aromatic N) is 4. The van der Waals surface area contributed by atoms with E-state index in [0.29, 0.717) is 23.9 Å². The number of pyridine rings is 1. The molecule has 5 rings (SSSR count). The van der Waals surface area contributed by atoms with Gasteiger partial charge in [0, 0.05) is 39.8 Å². The first-order valence-corrected chi connectivity index (χ1v) is 10.2. The van der Waals surface area contributed by atoms with Crippen LogP contribution in [-0.2, 0) is 18.3 Å². The third-order valence-corrected chi connectivity index (χ3v) is 6.17. The topological polar surface area (TPSA) is 86.6 Å². The lowest BCUT2D eigenvalue weighted by Gasteiger charge is -2.42. The second-order valence-corrected chi connectivity index (χ2v) is 8.07. The fraction of sp³-hybridized carbons (Fsp3) is 0.429. The summed E-state index contributed by atoms with van der Waals surface area (Å²) in [5, 5.41) is 15.2. The van der Waals surface area contributed by atoms with E-state index in [2.05, 4.69) is 19.9 Å². The van der Waals surface area contributed by atoms with Gasteiger partial charge >= 0.3 is 0 Å². The second-order valence-electron chi connectivity index (χ2n) is 8.07. The molecule has 0 bridgehead atoms. The number of benzene rings is 1. The van der Waals surface area contributed by atoms with Gasteiger partial charge in [0.1, 0.15) is 17.3 Å². The monoisotopic (exact) mass is 431 g/mol. The summed E-state index contributed by atoms with van der Waals surface area (Å²) in [7, 11) is 1.65. The molecule has 2 fully saturated rings. The van der Waals surface area contributed by atoms with E-state index < -0.39 is 28.4 Å². The van der Waals surface area contributed by atoms with Crippen molar-refractivity contribution in [1.82, 2.24) is 24.6 Å². The Morgan fingerprint density at radius 2 is 1.87 bits per heavy atom. The van der Waals surface area contributed by atoms with E-state index in [-0.39, 0.29) is 11.1 Å². The van der Waals surface area contributed by atoms with E-state index in [4.69, 9.17) is 4.74 Å². The van der Waals surface area contributed by atoms with Gasteiger partial charge in [0.05, 0.1) is 41.6 Å². The van der Waals surface area contributed by atoms with Gasteiger partial charge in [-0.2, -0.15) is 5.10 Å². The van der Waals surface area contributed by atoms with Gasteiger partial charge in [-0.3, -0.25) is 19.3 Å². The predicted octanol–water partition coefficient (Wildman–Crippen LogP) is 1.43. The normalized spacial score (nSPS) is 18.5. The lowest BCUT2D eigenvalue weighted by atomic mass is 10.1. The Morgan fingerprint density at radius 1 is 1.19 bits per heavy atom. The molecular formula is C21H23F2N5O3. The van der Waals surface area contributed by atoms with Gasteiger partial charge in [-0.15, -0.1) is 0 Å². The number of H-pyrrole nitrogens is 1. The molecule has 0 radical (unpaired) electrons. The van der Waals surface area contributed by atoms with Crippen LogP contribution in [0.15, 0.2) is 23.0 Å². The molecule has 2 aliphatic rings. The van der Waals surface area contributed by atoms with E-state index in [0.717, 1.165) is 51.5 Å². The van der Waals surface area contributed by atoms with Crippen molar-refractivity contribution in [1.29, 1.82) is 0 Å². The number of ether oxygens (including phenoxy) is 1. The maximum absolute atomic E-state index is 14.3. The lowest BCUT2D eigenvalue weighted by Crippen LogP contribution is -2.56. The maximum Gasteiger partial charge on any atom is 0.235 e. The van der Waals surface area contributed by atoms with Crippen molar-refractivity contribution in [2.75, 3.05) is 39.4 Å². The van der Waals surface area contributed by atoms with E-state index in [9.17, 15) is 18.7 Å². The molecule has 0 atom stereocenters. The Morgan fingerprint density at radius 3 is 2.48 bits per heavy atom. The average molecular weight is 431 g/mol. The summed E-state index contributed by atoms with van der Waals surface area (Å²) in [6.07, 6.45) is 0. The molecule has 0 unspecified atom stereocenters. The minimum Gasteiger partial charge on any atom is -0.503 e. The first-order valence-electron chi connectivity index (χ1n) is 10.2. The number of halogens is 2. The van der Waals surface area contributed by atoms with Gasteiger partial charge in [-0.1, -0.05) is 6.07 Å². The van der Waals surface area contributed by atoms with Crippen molar-refractivity contribution in [2.45, 2.75) is 12.6 Å². The van der Waals surface area contributed by atoms with Crippen LogP contribution >= 0.6 is 0 Å². The van der Waals surface area contributed by atoms with Gasteiger partial charge in [0.2, 0.25) is 5.43 Å². The number of aromatic hydroxyl groups is 1. The summed E-state index contributed by atoms with van der Waals surface area (Å²) in [5.74, 6) is -2.47. The zero-order valence-corrected chi connectivity index (χ0v) is 17.1. The summed E-state index contributed by atoms with van der Waals surface area (Å²) in [6, 6.07) is 3.87. The van der Waals surface area contributed by atoms with Gasteiger partial charge in [-0.25, -0.2) is 8.78 Å². The molecule has 4 heterocycles. The molecule has 10 heteroatoms. The quantitative estimate of drug-likeness (QED) is 0.650. The molecule has 164 valence electrons. The number of fused-ring (bicyclic) bond motifs is 1. The van der Waals surface area contributed by atoms with Gasteiger partial charge < -0.3 is 14.8 Å². The highest BCUT2D eigenvalue weighted by atomic mass is 19.1. The van der Waals surface area contributed by atoms with Crippen molar-refractivity contribution in [2.24, 2.45) is 7.05 Å². The number of aryl methyl sites for hydroxylation is 1. The Bertz CT molecular complexity index is 1180. The molecule has 0 amide bonds. The summed E-state index contributed by atoms with van der Waals surface area (Å²) in [5.41, 5.74) is -0.632. The predicted molar refractivity (Wildman–Crippen MR) is 110 cm³/mol. The number of hydrogen-bond acceptors (Lipinski definition) is 6. The highest BCUT2D eigenvalue weighted by molar-refractivity contribution is 5.84. The molecule has 2 saturated heterocycles. The highest BCUT2D eigenvalue weighted by Gasteiger charge is 2.30. The van der Waals surface area contributed by atoms with Gasteiger partial charge in [-0.05, 0) is 12.1 Å². The van der Waals surface area contributed by atoms with E-state index >= 15 is 0 Å². The van der Waals surface area contributed by atoms with Crippen molar-refractivity contribution in [3.05, 3.63) is 45.8 Å². The van der Waals surface area contributed by atoms with Crippen LogP contribution in [0.1, 0.15) is 5.69 Å². The lowest BCUT2D eigenvalue weighted by molar-refractivity contribution is -0.0774. The third-order valence-electron chi connectivity index (χ3n) is 6.17. The van der Waals surface area contributed by atoms with Crippen LogP contribution in [-0.4, -0.2) is 75.1 Å². The Labute approximate surface area is 176 Å². The van der Waals surface area contributed by atoms with Gasteiger partial charge in [0.15, 0.2) is 5.75 Å². The number of nitrogens with one attached hydrogen (secondary N) is 1. The van der Waals surface area contributed by atoms with Crippen LogP contribution in [0.5, 0.6) is 5.75 Å². The minimum atomic E-state index is -0.873. The molecule has 2 N–H and O–H groups in total. The van der Waals surface area contributed by atoms with Crippen LogP contribution < -0.4 is 5.43 Å². The average Bonchev–Trinajstić information content (AvgIpc) is 3.01. The molecule has 0 saturated carbocycles. The molecule has 3 aromatic rings. The molecule has 0 spiro atoms. The number of hydrogen-bond donors (Lipinski definition) is 2. The Hall–Kier alpha value is -2.82. The highest BCUT2D eigenvalue weighted by Crippen LogP contribution is 2.31. The number of aromatic nitrogens is 3. The van der Waals surface area contributed by atoms with Crippen LogP contribution in [0.3, 0.4) is 0 Å². The summed E-state index contributed by atoms with van der Waals surface area (Å²) in [6.45, 7) is 5.50. The van der Waals surface area contributed by atoms with Crippen LogP contribution in [0, 0.1) is 11.6 Å². The first-order chi connectivity index (χ1) is 14.9.